The number of urea groups is 1. The topological polar surface area (TPSA) is 84.5 Å². The number of rotatable bonds is 4. The maximum Gasteiger partial charge on any atom is 0.321 e. The van der Waals surface area contributed by atoms with Gasteiger partial charge in [-0.1, -0.05) is 36.6 Å². The van der Waals surface area contributed by atoms with Gasteiger partial charge in [0.2, 0.25) is 0 Å². The lowest BCUT2D eigenvalue weighted by Gasteiger charge is -2.28. The van der Waals surface area contributed by atoms with Crippen LogP contribution in [0.15, 0.2) is 24.3 Å². The van der Waals surface area contributed by atoms with Crippen molar-refractivity contribution < 1.29 is 19.1 Å². The van der Waals surface area contributed by atoms with E-state index in [1.807, 2.05) is 12.1 Å². The highest BCUT2D eigenvalue weighted by Gasteiger charge is 2.45. The van der Waals surface area contributed by atoms with Gasteiger partial charge in [-0.3, -0.25) is 14.9 Å². The van der Waals surface area contributed by atoms with Crippen LogP contribution in [0.3, 0.4) is 0 Å². The van der Waals surface area contributed by atoms with Gasteiger partial charge in [-0.25, -0.2) is 4.79 Å². The smallest absolute Gasteiger partial charge is 0.321 e. The van der Waals surface area contributed by atoms with Crippen LogP contribution in [0.1, 0.15) is 38.2 Å². The van der Waals surface area contributed by atoms with Gasteiger partial charge in [-0.15, -0.1) is 0 Å². The van der Waals surface area contributed by atoms with Crippen LogP contribution >= 0.6 is 11.6 Å². The van der Waals surface area contributed by atoms with E-state index in [4.69, 9.17) is 16.3 Å². The quantitative estimate of drug-likeness (QED) is 0.815. The summed E-state index contributed by atoms with van der Waals surface area (Å²) in [5.74, 6) is -1.10. The Morgan fingerprint density at radius 3 is 2.29 bits per heavy atom. The van der Waals surface area contributed by atoms with Crippen molar-refractivity contribution in [3.63, 3.8) is 0 Å². The van der Waals surface area contributed by atoms with Crippen LogP contribution in [0.4, 0.5) is 4.79 Å². The molecule has 7 heteroatoms. The lowest BCUT2D eigenvalue weighted by molar-refractivity contribution is -0.160. The number of carbonyl (C=O) groups excluding carboxylic acids is 3. The minimum atomic E-state index is -1.06. The summed E-state index contributed by atoms with van der Waals surface area (Å²) in [5.41, 5.74) is 0.0832. The molecule has 1 aromatic rings. The van der Waals surface area contributed by atoms with Crippen molar-refractivity contribution in [1.82, 2.24) is 10.6 Å². The van der Waals surface area contributed by atoms with Crippen molar-refractivity contribution in [1.29, 1.82) is 0 Å². The molecule has 1 unspecified atom stereocenters. The van der Waals surface area contributed by atoms with Crippen molar-refractivity contribution in [2.75, 3.05) is 7.05 Å². The molecule has 1 aromatic carbocycles. The molecule has 0 saturated heterocycles. The standard InChI is InChI=1S/C17H21ClN2O4/c1-11(14(21)20-16(23)19-2)24-15(22)17(9-3-4-10-17)12-5-7-13(18)8-6-12/h5-8,11H,3-4,9-10H2,1-2H3,(H2,19,20,21,23). The third-order valence-electron chi connectivity index (χ3n) is 4.36. The molecule has 0 spiro atoms. The molecule has 0 bridgehead atoms. The Bertz CT molecular complexity index is 624. The molecular weight excluding hydrogens is 332 g/mol. The van der Waals surface area contributed by atoms with Gasteiger partial charge in [0.15, 0.2) is 6.10 Å². The summed E-state index contributed by atoms with van der Waals surface area (Å²) in [6, 6.07) is 6.49. The van der Waals surface area contributed by atoms with E-state index in [0.717, 1.165) is 18.4 Å². The van der Waals surface area contributed by atoms with Gasteiger partial charge in [-0.05, 0) is 37.5 Å². The van der Waals surface area contributed by atoms with Crippen molar-refractivity contribution in [2.24, 2.45) is 0 Å². The SMILES string of the molecule is CNC(=O)NC(=O)C(C)OC(=O)C1(c2ccc(Cl)cc2)CCCC1. The molecule has 0 aliphatic heterocycles. The highest BCUT2D eigenvalue weighted by molar-refractivity contribution is 6.30. The van der Waals surface area contributed by atoms with Gasteiger partial charge >= 0.3 is 12.0 Å². The fraction of sp³-hybridized carbons (Fsp3) is 0.471. The molecule has 3 amide bonds. The number of imide groups is 1. The number of halogens is 1. The van der Waals surface area contributed by atoms with Gasteiger partial charge in [0.05, 0.1) is 5.41 Å². The summed E-state index contributed by atoms with van der Waals surface area (Å²) in [4.78, 5) is 35.9. The minimum Gasteiger partial charge on any atom is -0.452 e. The molecule has 0 radical (unpaired) electrons. The third-order valence-corrected chi connectivity index (χ3v) is 4.61. The lowest BCUT2D eigenvalue weighted by atomic mass is 9.79. The number of hydrogen-bond acceptors (Lipinski definition) is 4. The van der Waals surface area contributed by atoms with E-state index in [0.29, 0.717) is 17.9 Å². The number of nitrogens with one attached hydrogen (secondary N) is 2. The van der Waals surface area contributed by atoms with Gasteiger partial charge in [-0.2, -0.15) is 0 Å². The fourth-order valence-electron chi connectivity index (χ4n) is 2.96. The Balaban J connectivity index is 2.14. The molecule has 1 aliphatic rings. The number of hydrogen-bond donors (Lipinski definition) is 2. The molecule has 1 atom stereocenters. The van der Waals surface area contributed by atoms with Crippen LogP contribution in [0.2, 0.25) is 5.02 Å². The predicted octanol–water partition coefficient (Wildman–Crippen LogP) is 2.54. The van der Waals surface area contributed by atoms with Crippen LogP contribution in [-0.4, -0.2) is 31.1 Å². The molecule has 1 fully saturated rings. The number of esters is 1. The second kappa shape index (κ2) is 7.66. The Hall–Kier alpha value is -2.08. The zero-order valence-corrected chi connectivity index (χ0v) is 14.5. The summed E-state index contributed by atoms with van der Waals surface area (Å²) in [5, 5.41) is 4.97. The monoisotopic (exact) mass is 352 g/mol. The summed E-state index contributed by atoms with van der Waals surface area (Å²) in [6.45, 7) is 1.45. The third kappa shape index (κ3) is 3.87. The van der Waals surface area contributed by atoms with Crippen molar-refractivity contribution in [3.05, 3.63) is 34.9 Å². The van der Waals surface area contributed by atoms with Crippen molar-refractivity contribution in [3.8, 4) is 0 Å². The van der Waals surface area contributed by atoms with E-state index in [-0.39, 0.29) is 0 Å². The van der Waals surface area contributed by atoms with E-state index in [1.54, 1.807) is 12.1 Å². The molecule has 2 N–H and O–H groups in total. The lowest BCUT2D eigenvalue weighted by Crippen LogP contribution is -2.45. The average molecular weight is 353 g/mol. The first-order valence-corrected chi connectivity index (χ1v) is 8.26. The first-order valence-electron chi connectivity index (χ1n) is 7.89. The molecule has 24 heavy (non-hydrogen) atoms. The van der Waals surface area contributed by atoms with Crippen LogP contribution in [0.25, 0.3) is 0 Å². The second-order valence-electron chi connectivity index (χ2n) is 5.91. The molecule has 1 aliphatic carbocycles. The molecule has 6 nitrogen and oxygen atoms in total. The number of ether oxygens (including phenoxy) is 1. The van der Waals surface area contributed by atoms with Crippen LogP contribution in [-0.2, 0) is 19.7 Å². The van der Waals surface area contributed by atoms with Gasteiger partial charge < -0.3 is 10.1 Å². The highest BCUT2D eigenvalue weighted by atomic mass is 35.5. The first kappa shape index (κ1) is 18.3. The molecule has 1 saturated carbocycles. The molecule has 0 aromatic heterocycles. The normalized spacial score (nSPS) is 17.0. The maximum absolute atomic E-state index is 12.8. The van der Waals surface area contributed by atoms with Crippen molar-refractivity contribution in [2.45, 2.75) is 44.1 Å². The fourth-order valence-corrected chi connectivity index (χ4v) is 3.09. The maximum atomic E-state index is 12.8. The summed E-state index contributed by atoms with van der Waals surface area (Å²) < 4.78 is 5.37. The second-order valence-corrected chi connectivity index (χ2v) is 6.35. The Morgan fingerprint density at radius 1 is 1.17 bits per heavy atom. The van der Waals surface area contributed by atoms with Crippen LogP contribution in [0.5, 0.6) is 0 Å². The van der Waals surface area contributed by atoms with E-state index < -0.39 is 29.4 Å². The van der Waals surface area contributed by atoms with Crippen molar-refractivity contribution >= 4 is 29.5 Å². The number of benzene rings is 1. The first-order chi connectivity index (χ1) is 11.4. The summed E-state index contributed by atoms with van der Waals surface area (Å²) in [7, 11) is 1.40. The van der Waals surface area contributed by atoms with E-state index in [1.165, 1.54) is 14.0 Å². The van der Waals surface area contributed by atoms with Gasteiger partial charge in [0.25, 0.3) is 5.91 Å². The average Bonchev–Trinajstić information content (AvgIpc) is 3.06. The Labute approximate surface area is 145 Å². The number of carbonyl (C=O) groups is 3. The van der Waals surface area contributed by atoms with Crippen LogP contribution < -0.4 is 10.6 Å². The zero-order valence-electron chi connectivity index (χ0n) is 13.7. The van der Waals surface area contributed by atoms with Gasteiger partial charge in [0.1, 0.15) is 0 Å². The molecule has 2 rings (SSSR count). The van der Waals surface area contributed by atoms with Gasteiger partial charge in [0, 0.05) is 12.1 Å². The van der Waals surface area contributed by atoms with E-state index >= 15 is 0 Å². The molecule has 130 valence electrons. The Morgan fingerprint density at radius 2 is 1.75 bits per heavy atom. The molecule has 0 heterocycles. The predicted molar refractivity (Wildman–Crippen MR) is 89.8 cm³/mol. The largest absolute Gasteiger partial charge is 0.452 e. The highest BCUT2D eigenvalue weighted by Crippen LogP contribution is 2.42. The zero-order chi connectivity index (χ0) is 17.7. The summed E-state index contributed by atoms with van der Waals surface area (Å²) >= 11 is 5.92. The van der Waals surface area contributed by atoms with E-state index in [9.17, 15) is 14.4 Å². The Kier molecular flexibility index (Phi) is 5.83. The minimum absolute atomic E-state index is 0.443. The summed E-state index contributed by atoms with van der Waals surface area (Å²) in [6.07, 6.45) is 2.10. The van der Waals surface area contributed by atoms with Crippen LogP contribution in [0, 0.1) is 0 Å². The van der Waals surface area contributed by atoms with E-state index in [2.05, 4.69) is 10.6 Å². The number of amides is 3. The molecular formula is C17H21ClN2O4.